The molecule has 1 unspecified atom stereocenters. The van der Waals surface area contributed by atoms with Crippen molar-refractivity contribution in [2.75, 3.05) is 44.4 Å². The first-order valence-electron chi connectivity index (χ1n) is 8.24. The molecule has 0 aromatic heterocycles. The summed E-state index contributed by atoms with van der Waals surface area (Å²) in [7, 11) is 0. The number of nitrogens with zero attached hydrogens (tertiary/aromatic N) is 1. The van der Waals surface area contributed by atoms with Gasteiger partial charge in [0.15, 0.2) is 0 Å². The number of halogens is 2. The molecule has 0 heterocycles. The van der Waals surface area contributed by atoms with Crippen molar-refractivity contribution in [1.82, 2.24) is 0 Å². The number of ether oxygens (including phenoxy) is 2. The Balaban J connectivity index is 0.00000338. The molecule has 0 spiro atoms. The molecule has 0 saturated heterocycles. The highest BCUT2D eigenvalue weighted by Crippen LogP contribution is 2.16. The molecule has 0 aliphatic heterocycles. The molecule has 2 rings (SSSR count). The second-order valence-electron chi connectivity index (χ2n) is 5.54. The molecule has 0 amide bonds. The number of hydrogen-bond acceptors (Lipinski definition) is 5. The van der Waals surface area contributed by atoms with E-state index in [0.717, 1.165) is 15.9 Å². The van der Waals surface area contributed by atoms with Crippen LogP contribution in [0, 0.1) is 0 Å². The van der Waals surface area contributed by atoms with E-state index in [1.54, 1.807) is 0 Å². The number of aliphatic hydroxyl groups excluding tert-OH is 2. The Kier molecular flexibility index (Phi) is 11.3. The van der Waals surface area contributed by atoms with Crippen LogP contribution in [0.3, 0.4) is 0 Å². The van der Waals surface area contributed by atoms with Gasteiger partial charge in [-0.2, -0.15) is 0 Å². The molecule has 0 radical (unpaired) electrons. The molecule has 0 saturated carbocycles. The van der Waals surface area contributed by atoms with Crippen molar-refractivity contribution in [3.8, 4) is 5.75 Å². The molecule has 5 nitrogen and oxygen atoms in total. The van der Waals surface area contributed by atoms with E-state index in [1.165, 1.54) is 0 Å². The topological polar surface area (TPSA) is 62.2 Å². The van der Waals surface area contributed by atoms with Crippen LogP contribution in [0.1, 0.15) is 0 Å². The lowest BCUT2D eigenvalue weighted by molar-refractivity contribution is 0.0276. The molecule has 144 valence electrons. The van der Waals surface area contributed by atoms with Crippen LogP contribution in [0.25, 0.3) is 0 Å². The van der Waals surface area contributed by atoms with E-state index < -0.39 is 6.10 Å². The van der Waals surface area contributed by atoms with E-state index >= 15 is 0 Å². The molecule has 1 atom stereocenters. The molecular formula is C19H25BrClNO4. The average molecular weight is 447 g/mol. The molecule has 2 aromatic rings. The molecule has 26 heavy (non-hydrogen) atoms. The molecule has 0 bridgehead atoms. The standard InChI is InChI=1S/C19H24BrNO4.ClH/c20-16-6-8-19(9-7-16)25-13-12-24-15-18(23)14-21(10-11-22)17-4-2-1-3-5-17;/h1-9,18,22-23H,10-15H2;1H. The van der Waals surface area contributed by atoms with Crippen molar-refractivity contribution in [3.05, 3.63) is 59.1 Å². The van der Waals surface area contributed by atoms with E-state index in [2.05, 4.69) is 15.9 Å². The van der Waals surface area contributed by atoms with Gasteiger partial charge in [-0.1, -0.05) is 34.1 Å². The normalized spacial score (nSPS) is 11.5. The van der Waals surface area contributed by atoms with Gasteiger partial charge in [0.2, 0.25) is 0 Å². The van der Waals surface area contributed by atoms with Crippen molar-refractivity contribution in [1.29, 1.82) is 0 Å². The van der Waals surface area contributed by atoms with Gasteiger partial charge in [-0.3, -0.25) is 0 Å². The van der Waals surface area contributed by atoms with Crippen molar-refractivity contribution in [2.45, 2.75) is 6.10 Å². The summed E-state index contributed by atoms with van der Waals surface area (Å²) in [6, 6.07) is 17.3. The van der Waals surface area contributed by atoms with Crippen molar-refractivity contribution < 1.29 is 19.7 Å². The van der Waals surface area contributed by atoms with Gasteiger partial charge in [0.1, 0.15) is 12.4 Å². The van der Waals surface area contributed by atoms with Gasteiger partial charge in [0.05, 0.1) is 25.9 Å². The van der Waals surface area contributed by atoms with Crippen LogP contribution >= 0.6 is 28.3 Å². The first-order valence-corrected chi connectivity index (χ1v) is 9.03. The Morgan fingerprint density at radius 2 is 1.69 bits per heavy atom. The maximum atomic E-state index is 10.2. The zero-order chi connectivity index (χ0) is 17.9. The van der Waals surface area contributed by atoms with E-state index in [1.807, 2.05) is 59.5 Å². The number of anilines is 1. The molecule has 0 fully saturated rings. The number of aliphatic hydroxyl groups is 2. The minimum absolute atomic E-state index is 0. The quantitative estimate of drug-likeness (QED) is 0.519. The summed E-state index contributed by atoms with van der Waals surface area (Å²) < 4.78 is 12.0. The second kappa shape index (κ2) is 12.9. The van der Waals surface area contributed by atoms with Crippen LogP contribution < -0.4 is 9.64 Å². The Bertz CT molecular complexity index is 600. The van der Waals surface area contributed by atoms with E-state index in [0.29, 0.717) is 26.3 Å². The number of para-hydroxylation sites is 1. The van der Waals surface area contributed by atoms with Crippen molar-refractivity contribution >= 4 is 34.0 Å². The first kappa shape index (κ1) is 22.7. The lowest BCUT2D eigenvalue weighted by Gasteiger charge is -2.26. The molecule has 2 aromatic carbocycles. The average Bonchev–Trinajstić information content (AvgIpc) is 2.63. The summed E-state index contributed by atoms with van der Waals surface area (Å²) >= 11 is 3.37. The van der Waals surface area contributed by atoms with Crippen molar-refractivity contribution in [2.24, 2.45) is 0 Å². The zero-order valence-corrected chi connectivity index (χ0v) is 16.9. The molecule has 0 aliphatic carbocycles. The van der Waals surface area contributed by atoms with Gasteiger partial charge in [-0.25, -0.2) is 0 Å². The third-order valence-electron chi connectivity index (χ3n) is 3.54. The lowest BCUT2D eigenvalue weighted by atomic mass is 10.2. The minimum atomic E-state index is -0.639. The van der Waals surface area contributed by atoms with Gasteiger partial charge in [-0.05, 0) is 36.4 Å². The summed E-state index contributed by atoms with van der Waals surface area (Å²) in [4.78, 5) is 1.94. The van der Waals surface area contributed by atoms with Crippen LogP contribution in [-0.2, 0) is 4.74 Å². The summed E-state index contributed by atoms with van der Waals surface area (Å²) in [6.45, 7) is 1.94. The third-order valence-corrected chi connectivity index (χ3v) is 4.07. The zero-order valence-electron chi connectivity index (χ0n) is 14.5. The van der Waals surface area contributed by atoms with Gasteiger partial charge in [0.25, 0.3) is 0 Å². The highest BCUT2D eigenvalue weighted by atomic mass is 79.9. The maximum Gasteiger partial charge on any atom is 0.119 e. The van der Waals surface area contributed by atoms with Crippen LogP contribution in [0.4, 0.5) is 5.69 Å². The first-order chi connectivity index (χ1) is 12.2. The highest BCUT2D eigenvalue weighted by molar-refractivity contribution is 9.10. The van der Waals surface area contributed by atoms with Gasteiger partial charge in [-0.15, -0.1) is 12.4 Å². The summed E-state index contributed by atoms with van der Waals surface area (Å²) in [5.74, 6) is 0.783. The van der Waals surface area contributed by atoms with Gasteiger partial charge in [0, 0.05) is 23.2 Å². The van der Waals surface area contributed by atoms with E-state index in [-0.39, 0.29) is 25.6 Å². The fourth-order valence-electron chi connectivity index (χ4n) is 2.36. The van der Waals surface area contributed by atoms with Gasteiger partial charge >= 0.3 is 0 Å². The largest absolute Gasteiger partial charge is 0.491 e. The minimum Gasteiger partial charge on any atom is -0.491 e. The monoisotopic (exact) mass is 445 g/mol. The highest BCUT2D eigenvalue weighted by Gasteiger charge is 2.12. The molecule has 2 N–H and O–H groups in total. The second-order valence-corrected chi connectivity index (χ2v) is 6.45. The Labute approximate surface area is 169 Å². The number of benzene rings is 2. The fraction of sp³-hybridized carbons (Fsp3) is 0.368. The fourth-order valence-corrected chi connectivity index (χ4v) is 2.63. The molecule has 0 aliphatic rings. The van der Waals surface area contributed by atoms with Crippen LogP contribution in [-0.4, -0.2) is 55.8 Å². The van der Waals surface area contributed by atoms with Crippen molar-refractivity contribution in [3.63, 3.8) is 0 Å². The predicted octanol–water partition coefficient (Wildman–Crippen LogP) is 3.13. The third kappa shape index (κ3) is 8.38. The summed E-state index contributed by atoms with van der Waals surface area (Å²) in [6.07, 6.45) is -0.639. The van der Waals surface area contributed by atoms with E-state index in [9.17, 15) is 10.2 Å². The predicted molar refractivity (Wildman–Crippen MR) is 109 cm³/mol. The smallest absolute Gasteiger partial charge is 0.119 e. The molecular weight excluding hydrogens is 422 g/mol. The summed E-state index contributed by atoms with van der Waals surface area (Å²) in [5.41, 5.74) is 0.967. The maximum absolute atomic E-state index is 10.2. The van der Waals surface area contributed by atoms with Crippen LogP contribution in [0.15, 0.2) is 59.1 Å². The SMILES string of the molecule is Cl.OCCN(CC(O)COCCOc1ccc(Br)cc1)c1ccccc1. The van der Waals surface area contributed by atoms with Crippen LogP contribution in [0.2, 0.25) is 0 Å². The number of rotatable bonds is 11. The Morgan fingerprint density at radius 3 is 2.35 bits per heavy atom. The Hall–Kier alpha value is -1.31. The van der Waals surface area contributed by atoms with E-state index in [4.69, 9.17) is 9.47 Å². The molecule has 7 heteroatoms. The van der Waals surface area contributed by atoms with Gasteiger partial charge < -0.3 is 24.6 Å². The van der Waals surface area contributed by atoms with Crippen LogP contribution in [0.5, 0.6) is 5.75 Å². The lowest BCUT2D eigenvalue weighted by Crippen LogP contribution is -2.37. The Morgan fingerprint density at radius 1 is 1.00 bits per heavy atom. The number of hydrogen-bond donors (Lipinski definition) is 2. The summed E-state index contributed by atoms with van der Waals surface area (Å²) in [5, 5.41) is 19.4.